The highest BCUT2D eigenvalue weighted by Gasteiger charge is 2.21. The summed E-state index contributed by atoms with van der Waals surface area (Å²) in [6, 6.07) is 55.0. The van der Waals surface area contributed by atoms with Gasteiger partial charge in [0.05, 0.1) is 21.7 Å². The Bertz CT molecular complexity index is 2770. The van der Waals surface area contributed by atoms with Gasteiger partial charge in [-0.3, -0.25) is 0 Å². The third kappa shape index (κ3) is 4.64. The van der Waals surface area contributed by atoms with Crippen molar-refractivity contribution in [2.45, 2.75) is 12.8 Å². The Hall–Kier alpha value is -6.38. The van der Waals surface area contributed by atoms with Gasteiger partial charge in [-0.2, -0.15) is 0 Å². The first-order chi connectivity index (χ1) is 24.8. The summed E-state index contributed by atoms with van der Waals surface area (Å²) in [4.78, 5) is 0. The van der Waals surface area contributed by atoms with Crippen molar-refractivity contribution in [2.75, 3.05) is 0 Å². The van der Waals surface area contributed by atoms with Gasteiger partial charge < -0.3 is 9.13 Å². The second-order valence-electron chi connectivity index (χ2n) is 13.3. The van der Waals surface area contributed by atoms with Gasteiger partial charge in [0.25, 0.3) is 0 Å². The molecule has 50 heavy (non-hydrogen) atoms. The SMILES string of the molecule is C1=Cc2c3c(n(-c4cccc(-c5ccccc5)c4)c2=CC1)=CC=C(c1ccc2c(c1)c1ccccc1n2-c1ccc(-c2ccccc2)cc1)C3. The highest BCUT2D eigenvalue weighted by Crippen LogP contribution is 2.36. The third-order valence-corrected chi connectivity index (χ3v) is 10.4. The number of aromatic nitrogens is 2. The average Bonchev–Trinajstić information content (AvgIpc) is 3.71. The fourth-order valence-electron chi connectivity index (χ4n) is 8.04. The normalized spacial score (nSPS) is 13.4. The van der Waals surface area contributed by atoms with E-state index in [9.17, 15) is 0 Å². The summed E-state index contributed by atoms with van der Waals surface area (Å²) in [5.74, 6) is 0. The summed E-state index contributed by atoms with van der Waals surface area (Å²) in [5.41, 5.74) is 15.1. The molecule has 2 heterocycles. The molecule has 0 bridgehead atoms. The maximum Gasteiger partial charge on any atom is 0.0541 e. The van der Waals surface area contributed by atoms with Crippen molar-refractivity contribution in [3.8, 4) is 33.6 Å². The number of fused-ring (bicyclic) bond motifs is 6. The zero-order valence-electron chi connectivity index (χ0n) is 27.6. The van der Waals surface area contributed by atoms with Gasteiger partial charge in [-0.1, -0.05) is 133 Å². The lowest BCUT2D eigenvalue weighted by Crippen LogP contribution is -2.27. The minimum atomic E-state index is 0.892. The standard InChI is InChI=1S/C48H34N2/c1-3-12-33(13-4-1)35-22-26-39(27-23-35)49-45-20-9-7-18-41(45)43-31-37(24-28-47(43)49)38-25-29-48-44(32-38)42-19-8-10-21-46(42)50(48)40-17-11-16-36(30-40)34-14-5-2-6-15-34/h1-9,11-31H,10,32H2. The minimum absolute atomic E-state index is 0.892. The van der Waals surface area contributed by atoms with Crippen LogP contribution in [0.25, 0.3) is 79.2 Å². The quantitative estimate of drug-likeness (QED) is 0.178. The van der Waals surface area contributed by atoms with Gasteiger partial charge in [0.1, 0.15) is 0 Å². The van der Waals surface area contributed by atoms with Crippen LogP contribution in [0.1, 0.15) is 23.1 Å². The molecule has 2 aromatic heterocycles. The van der Waals surface area contributed by atoms with Crippen LogP contribution in [-0.4, -0.2) is 9.13 Å². The maximum atomic E-state index is 2.47. The number of benzene rings is 6. The second kappa shape index (κ2) is 11.6. The minimum Gasteiger partial charge on any atom is -0.310 e. The molecule has 6 aromatic carbocycles. The third-order valence-electron chi connectivity index (χ3n) is 10.4. The van der Waals surface area contributed by atoms with Crippen molar-refractivity contribution in [1.82, 2.24) is 9.13 Å². The second-order valence-corrected chi connectivity index (χ2v) is 13.3. The van der Waals surface area contributed by atoms with Crippen LogP contribution in [0.5, 0.6) is 0 Å². The molecule has 0 radical (unpaired) electrons. The molecule has 0 fully saturated rings. The number of nitrogens with zero attached hydrogens (tertiary/aromatic N) is 2. The molecule has 0 saturated carbocycles. The van der Waals surface area contributed by atoms with Gasteiger partial charge in [-0.25, -0.2) is 0 Å². The van der Waals surface area contributed by atoms with E-state index in [1.54, 1.807) is 0 Å². The van der Waals surface area contributed by atoms with E-state index >= 15 is 0 Å². The first kappa shape index (κ1) is 28.6. The van der Waals surface area contributed by atoms with Crippen molar-refractivity contribution >= 4 is 45.6 Å². The Morgan fingerprint density at radius 1 is 0.440 bits per heavy atom. The summed E-state index contributed by atoms with van der Waals surface area (Å²) < 4.78 is 4.87. The van der Waals surface area contributed by atoms with E-state index in [1.807, 2.05) is 0 Å². The van der Waals surface area contributed by atoms with E-state index in [0.717, 1.165) is 12.8 Å². The summed E-state index contributed by atoms with van der Waals surface area (Å²) in [6.07, 6.45) is 13.5. The van der Waals surface area contributed by atoms with Gasteiger partial charge in [-0.05, 0) is 93.9 Å². The van der Waals surface area contributed by atoms with Gasteiger partial charge >= 0.3 is 0 Å². The Labute approximate surface area is 291 Å². The van der Waals surface area contributed by atoms with Crippen molar-refractivity contribution in [3.63, 3.8) is 0 Å². The fourth-order valence-corrected chi connectivity index (χ4v) is 8.04. The van der Waals surface area contributed by atoms with Crippen molar-refractivity contribution in [3.05, 3.63) is 191 Å². The molecule has 0 unspecified atom stereocenters. The average molecular weight is 639 g/mol. The molecule has 0 spiro atoms. The zero-order chi connectivity index (χ0) is 33.0. The lowest BCUT2D eigenvalue weighted by Gasteiger charge is -2.14. The molecule has 0 amide bonds. The predicted octanol–water partition coefficient (Wildman–Crippen LogP) is 10.5. The van der Waals surface area contributed by atoms with E-state index in [1.165, 1.54) is 88.4 Å². The van der Waals surface area contributed by atoms with E-state index < -0.39 is 0 Å². The van der Waals surface area contributed by atoms with Crippen molar-refractivity contribution in [1.29, 1.82) is 0 Å². The van der Waals surface area contributed by atoms with Gasteiger partial charge in [0.15, 0.2) is 0 Å². The fraction of sp³-hybridized carbons (Fsp3) is 0.0417. The molecule has 236 valence electrons. The van der Waals surface area contributed by atoms with E-state index in [-0.39, 0.29) is 0 Å². The molecule has 2 aliphatic rings. The number of allylic oxidation sites excluding steroid dienone is 3. The first-order valence-electron chi connectivity index (χ1n) is 17.5. The van der Waals surface area contributed by atoms with Crippen LogP contribution in [0.15, 0.2) is 164 Å². The van der Waals surface area contributed by atoms with Crippen molar-refractivity contribution < 1.29 is 0 Å². The largest absolute Gasteiger partial charge is 0.310 e. The molecule has 0 atom stereocenters. The summed E-state index contributed by atoms with van der Waals surface area (Å²) in [6.45, 7) is 0. The van der Waals surface area contributed by atoms with Crippen LogP contribution in [0.3, 0.4) is 0 Å². The summed E-state index contributed by atoms with van der Waals surface area (Å²) >= 11 is 0. The number of hydrogen-bond donors (Lipinski definition) is 0. The van der Waals surface area contributed by atoms with Crippen LogP contribution in [0, 0.1) is 0 Å². The molecule has 0 N–H and O–H groups in total. The molecule has 2 nitrogen and oxygen atoms in total. The van der Waals surface area contributed by atoms with Crippen LogP contribution in [-0.2, 0) is 6.42 Å². The van der Waals surface area contributed by atoms with Crippen molar-refractivity contribution in [2.24, 2.45) is 0 Å². The maximum absolute atomic E-state index is 2.47. The highest BCUT2D eigenvalue weighted by molar-refractivity contribution is 6.10. The van der Waals surface area contributed by atoms with Gasteiger partial charge in [0, 0.05) is 34.1 Å². The predicted molar refractivity (Wildman–Crippen MR) is 211 cm³/mol. The molecule has 2 heteroatoms. The Balaban J connectivity index is 1.07. The first-order valence-corrected chi connectivity index (χ1v) is 17.5. The number of para-hydroxylation sites is 1. The Morgan fingerprint density at radius 2 is 1.12 bits per heavy atom. The number of rotatable bonds is 5. The summed E-state index contributed by atoms with van der Waals surface area (Å²) in [7, 11) is 0. The molecular weight excluding hydrogens is 605 g/mol. The topological polar surface area (TPSA) is 9.86 Å². The monoisotopic (exact) mass is 638 g/mol. The molecule has 8 aromatic rings. The molecular formula is C48H34N2. The lowest BCUT2D eigenvalue weighted by atomic mass is 9.92. The Morgan fingerprint density at radius 3 is 1.94 bits per heavy atom. The van der Waals surface area contributed by atoms with Crippen LogP contribution >= 0.6 is 0 Å². The molecule has 10 rings (SSSR count). The summed E-state index contributed by atoms with van der Waals surface area (Å²) in [5, 5.41) is 5.13. The smallest absolute Gasteiger partial charge is 0.0541 e. The van der Waals surface area contributed by atoms with Gasteiger partial charge in [-0.15, -0.1) is 0 Å². The molecule has 0 aliphatic heterocycles. The van der Waals surface area contributed by atoms with Gasteiger partial charge in [0.2, 0.25) is 0 Å². The highest BCUT2D eigenvalue weighted by atomic mass is 15.0. The zero-order valence-corrected chi connectivity index (χ0v) is 27.6. The molecule has 0 saturated heterocycles. The van der Waals surface area contributed by atoms with Crippen LogP contribution in [0.2, 0.25) is 0 Å². The molecule has 2 aliphatic carbocycles. The van der Waals surface area contributed by atoms with Crippen LogP contribution in [0.4, 0.5) is 0 Å². The van der Waals surface area contributed by atoms with E-state index in [0.29, 0.717) is 0 Å². The lowest BCUT2D eigenvalue weighted by molar-refractivity contribution is 0.978. The number of hydrogen-bond acceptors (Lipinski definition) is 0. The van der Waals surface area contributed by atoms with E-state index in [2.05, 4.69) is 191 Å². The van der Waals surface area contributed by atoms with Crippen LogP contribution < -0.4 is 10.7 Å². The Kier molecular flexibility index (Phi) is 6.67. The van der Waals surface area contributed by atoms with E-state index in [4.69, 9.17) is 0 Å².